The van der Waals surface area contributed by atoms with Crippen molar-refractivity contribution >= 4 is 43.5 Å². The monoisotopic (exact) mass is 803 g/mol. The van der Waals surface area contributed by atoms with Crippen LogP contribution in [-0.4, -0.2) is 24.5 Å². The maximum atomic E-state index is 5.33. The van der Waals surface area contributed by atoms with Crippen LogP contribution in [0.2, 0.25) is 0 Å². The highest BCUT2D eigenvalue weighted by molar-refractivity contribution is 6.17. The van der Waals surface area contributed by atoms with Crippen molar-refractivity contribution in [2.75, 3.05) is 0 Å². The average Bonchev–Trinajstić information content (AvgIpc) is 3.71. The third kappa shape index (κ3) is 6.42. The summed E-state index contributed by atoms with van der Waals surface area (Å²) >= 11 is 0. The van der Waals surface area contributed by atoms with Crippen LogP contribution in [0.3, 0.4) is 0 Å². The smallest absolute Gasteiger partial charge is 0.164 e. The van der Waals surface area contributed by atoms with Crippen molar-refractivity contribution in [1.82, 2.24) is 24.5 Å². The van der Waals surface area contributed by atoms with Crippen LogP contribution >= 0.6 is 0 Å². The van der Waals surface area contributed by atoms with E-state index < -0.39 is 0 Å². The van der Waals surface area contributed by atoms with Crippen LogP contribution in [-0.2, 0) is 0 Å². The minimum atomic E-state index is 0.609. The number of fused-ring (bicyclic) bond motifs is 6. The minimum Gasteiger partial charge on any atom is -0.309 e. The van der Waals surface area contributed by atoms with Crippen molar-refractivity contribution in [1.29, 1.82) is 0 Å². The summed E-state index contributed by atoms with van der Waals surface area (Å²) in [5.41, 5.74) is 13.7. The van der Waals surface area contributed by atoms with Gasteiger partial charge in [0.1, 0.15) is 0 Å². The summed E-state index contributed by atoms with van der Waals surface area (Å²) in [4.78, 5) is 20.5. The molecular formula is C58H37N5. The Hall–Kier alpha value is -8.54. The fourth-order valence-electron chi connectivity index (χ4n) is 9.07. The molecule has 5 nitrogen and oxygen atoms in total. The Morgan fingerprint density at radius 2 is 0.778 bits per heavy atom. The molecular weight excluding hydrogens is 767 g/mol. The van der Waals surface area contributed by atoms with Crippen LogP contribution in [0.4, 0.5) is 0 Å². The molecule has 0 saturated heterocycles. The van der Waals surface area contributed by atoms with Gasteiger partial charge in [-0.2, -0.15) is 0 Å². The van der Waals surface area contributed by atoms with Gasteiger partial charge in [0.2, 0.25) is 0 Å². The van der Waals surface area contributed by atoms with Crippen LogP contribution in [0.1, 0.15) is 0 Å². The van der Waals surface area contributed by atoms with Gasteiger partial charge < -0.3 is 4.57 Å². The number of hydrogen-bond acceptors (Lipinski definition) is 4. The predicted octanol–water partition coefficient (Wildman–Crippen LogP) is 14.7. The SMILES string of the molecule is c1ccc(-c2cccc(-c3nc(-c4ccccc4)nc(-c4ccc(-c5nc6ccccc6c6c(-c7cccc(-n8c9ccccc9c9ccccc98)c7)cccc56)cc4)n3)c2)cc1. The number of nitrogens with zero attached hydrogens (tertiary/aromatic N) is 5. The van der Waals surface area contributed by atoms with Crippen molar-refractivity contribution in [2.24, 2.45) is 0 Å². The van der Waals surface area contributed by atoms with E-state index in [1.807, 2.05) is 36.4 Å². The molecule has 5 heteroatoms. The zero-order chi connectivity index (χ0) is 41.7. The Balaban J connectivity index is 0.974. The number of pyridine rings is 1. The van der Waals surface area contributed by atoms with Gasteiger partial charge in [-0.3, -0.25) is 0 Å². The maximum Gasteiger partial charge on any atom is 0.164 e. The number of benzene rings is 9. The van der Waals surface area contributed by atoms with E-state index in [-0.39, 0.29) is 0 Å². The lowest BCUT2D eigenvalue weighted by atomic mass is 9.92. The first-order chi connectivity index (χ1) is 31.2. The fraction of sp³-hybridized carbons (Fsp3) is 0. The van der Waals surface area contributed by atoms with E-state index >= 15 is 0 Å². The van der Waals surface area contributed by atoms with Crippen molar-refractivity contribution in [3.05, 3.63) is 224 Å². The van der Waals surface area contributed by atoms with Crippen molar-refractivity contribution in [3.63, 3.8) is 0 Å². The van der Waals surface area contributed by atoms with E-state index in [1.165, 1.54) is 27.2 Å². The quantitative estimate of drug-likeness (QED) is 0.151. The Labute approximate surface area is 364 Å². The van der Waals surface area contributed by atoms with Gasteiger partial charge in [-0.25, -0.2) is 19.9 Å². The second-order valence-electron chi connectivity index (χ2n) is 15.8. The highest BCUT2D eigenvalue weighted by atomic mass is 15.0. The van der Waals surface area contributed by atoms with Crippen molar-refractivity contribution in [2.45, 2.75) is 0 Å². The molecule has 0 N–H and O–H groups in total. The van der Waals surface area contributed by atoms with Gasteiger partial charge in [-0.05, 0) is 58.7 Å². The molecule has 0 saturated carbocycles. The summed E-state index contributed by atoms with van der Waals surface area (Å²) in [5, 5.41) is 5.88. The molecule has 0 bridgehead atoms. The number of rotatable bonds is 7. The zero-order valence-corrected chi connectivity index (χ0v) is 34.1. The van der Waals surface area contributed by atoms with E-state index in [4.69, 9.17) is 19.9 Å². The first-order valence-corrected chi connectivity index (χ1v) is 21.2. The van der Waals surface area contributed by atoms with Crippen LogP contribution in [0, 0.1) is 0 Å². The molecule has 63 heavy (non-hydrogen) atoms. The highest BCUT2D eigenvalue weighted by Gasteiger charge is 2.18. The van der Waals surface area contributed by atoms with Gasteiger partial charge in [-0.1, -0.05) is 188 Å². The molecule has 0 spiro atoms. The molecule has 0 aliphatic heterocycles. The van der Waals surface area contributed by atoms with Gasteiger partial charge in [0, 0.05) is 54.9 Å². The average molecular weight is 804 g/mol. The topological polar surface area (TPSA) is 56.5 Å². The van der Waals surface area contributed by atoms with Gasteiger partial charge >= 0.3 is 0 Å². The zero-order valence-electron chi connectivity index (χ0n) is 34.1. The van der Waals surface area contributed by atoms with E-state index in [0.717, 1.165) is 72.2 Å². The van der Waals surface area contributed by atoms with Gasteiger partial charge in [-0.15, -0.1) is 0 Å². The minimum absolute atomic E-state index is 0.609. The summed E-state index contributed by atoms with van der Waals surface area (Å²) in [6.07, 6.45) is 0. The summed E-state index contributed by atoms with van der Waals surface area (Å²) in [6, 6.07) is 78.7. The standard InChI is InChI=1S/C58H37N5/c1-3-16-38(17-4-1)42-20-13-22-44(36-42)58-61-56(40-18-5-2-6-19-40)60-57(62-58)41-34-32-39(33-35-41)55-50-28-15-27-46(54(50)49-26-7-10-29-51(49)59-55)43-21-14-23-45(37-43)63-52-30-11-8-24-47(52)48-25-9-12-31-53(48)63/h1-37H. The van der Waals surface area contributed by atoms with Crippen molar-refractivity contribution < 1.29 is 0 Å². The maximum absolute atomic E-state index is 5.33. The molecule has 0 atom stereocenters. The third-order valence-corrected chi connectivity index (χ3v) is 12.0. The van der Waals surface area contributed by atoms with Gasteiger partial charge in [0.05, 0.1) is 22.2 Å². The van der Waals surface area contributed by atoms with Crippen LogP contribution in [0.5, 0.6) is 0 Å². The lowest BCUT2D eigenvalue weighted by molar-refractivity contribution is 1.07. The highest BCUT2D eigenvalue weighted by Crippen LogP contribution is 2.40. The molecule has 0 fully saturated rings. The van der Waals surface area contributed by atoms with Gasteiger partial charge in [0.25, 0.3) is 0 Å². The summed E-state index contributed by atoms with van der Waals surface area (Å²) < 4.78 is 2.38. The third-order valence-electron chi connectivity index (χ3n) is 12.0. The Bertz CT molecular complexity index is 3620. The first-order valence-electron chi connectivity index (χ1n) is 21.2. The molecule has 0 aliphatic carbocycles. The summed E-state index contributed by atoms with van der Waals surface area (Å²) in [6.45, 7) is 0. The summed E-state index contributed by atoms with van der Waals surface area (Å²) in [5.74, 6) is 1.86. The lowest BCUT2D eigenvalue weighted by Crippen LogP contribution is -2.00. The second kappa shape index (κ2) is 15.2. The predicted molar refractivity (Wildman–Crippen MR) is 260 cm³/mol. The Morgan fingerprint density at radius 3 is 1.49 bits per heavy atom. The summed E-state index contributed by atoms with van der Waals surface area (Å²) in [7, 11) is 0. The van der Waals surface area contributed by atoms with E-state index in [9.17, 15) is 0 Å². The molecule has 0 aliphatic rings. The van der Waals surface area contributed by atoms with E-state index in [2.05, 4.69) is 193 Å². The first kappa shape index (κ1) is 36.3. The molecule has 294 valence electrons. The van der Waals surface area contributed by atoms with E-state index in [0.29, 0.717) is 17.5 Å². The Kier molecular flexibility index (Phi) is 8.75. The van der Waals surface area contributed by atoms with Crippen LogP contribution < -0.4 is 0 Å². The molecule has 3 aromatic heterocycles. The van der Waals surface area contributed by atoms with Crippen LogP contribution in [0.25, 0.3) is 117 Å². The molecule has 0 radical (unpaired) electrons. The largest absolute Gasteiger partial charge is 0.309 e. The molecule has 3 heterocycles. The number of aromatic nitrogens is 5. The van der Waals surface area contributed by atoms with E-state index in [1.54, 1.807) is 0 Å². The fourth-order valence-corrected chi connectivity index (χ4v) is 9.07. The van der Waals surface area contributed by atoms with Crippen molar-refractivity contribution in [3.8, 4) is 73.4 Å². The lowest BCUT2D eigenvalue weighted by Gasteiger charge is -2.16. The molecule has 12 rings (SSSR count). The Morgan fingerprint density at radius 1 is 0.286 bits per heavy atom. The molecule has 12 aromatic rings. The molecule has 0 amide bonds. The van der Waals surface area contributed by atoms with Crippen LogP contribution in [0.15, 0.2) is 224 Å². The number of para-hydroxylation sites is 3. The normalized spacial score (nSPS) is 11.5. The molecule has 0 unspecified atom stereocenters. The second-order valence-corrected chi connectivity index (χ2v) is 15.8. The molecule has 9 aromatic carbocycles. The van der Waals surface area contributed by atoms with Gasteiger partial charge in [0.15, 0.2) is 17.5 Å². The number of hydrogen-bond donors (Lipinski definition) is 0.